The van der Waals surface area contributed by atoms with E-state index in [1.807, 2.05) is 30.3 Å². The maximum atomic E-state index is 13.5. The van der Waals surface area contributed by atoms with E-state index in [0.29, 0.717) is 17.1 Å². The largest absolute Gasteiger partial charge is 0.481 e. The van der Waals surface area contributed by atoms with E-state index < -0.39 is 36.3 Å². The first-order valence-corrected chi connectivity index (χ1v) is 12.1. The summed E-state index contributed by atoms with van der Waals surface area (Å²) in [6, 6.07) is 15.6. The number of alkyl halides is 3. The molecule has 4 rings (SSSR count). The number of carboxylic acids is 1. The van der Waals surface area contributed by atoms with Gasteiger partial charge in [0.25, 0.3) is 0 Å². The number of aliphatic hydroxyl groups is 2. The summed E-state index contributed by atoms with van der Waals surface area (Å²) in [5.41, 5.74) is 1.05. The van der Waals surface area contributed by atoms with Gasteiger partial charge in [-0.25, -0.2) is 9.67 Å². The minimum absolute atomic E-state index is 0.124. The van der Waals surface area contributed by atoms with Crippen molar-refractivity contribution < 1.29 is 33.3 Å². The Morgan fingerprint density at radius 3 is 2.51 bits per heavy atom. The highest BCUT2D eigenvalue weighted by Gasteiger charge is 2.31. The van der Waals surface area contributed by atoms with Gasteiger partial charge in [0.15, 0.2) is 5.82 Å². The monoisotopic (exact) mass is 541 g/mol. The molecular weight excluding hydrogens is 515 g/mol. The summed E-state index contributed by atoms with van der Waals surface area (Å²) in [6.45, 7) is 0. The molecule has 0 spiro atoms. The van der Waals surface area contributed by atoms with Gasteiger partial charge in [0, 0.05) is 23.5 Å². The number of aromatic nitrogens is 4. The highest BCUT2D eigenvalue weighted by atomic mass is 19.4. The van der Waals surface area contributed by atoms with Gasteiger partial charge in [-0.3, -0.25) is 4.79 Å². The molecule has 2 atom stereocenters. The molecule has 4 aromatic rings. The summed E-state index contributed by atoms with van der Waals surface area (Å²) < 4.78 is 41.9. The molecule has 12 heteroatoms. The van der Waals surface area contributed by atoms with E-state index in [9.17, 15) is 28.2 Å². The number of hydrogen-bond donors (Lipinski definition) is 4. The lowest BCUT2D eigenvalue weighted by atomic mass is 9.98. The van der Waals surface area contributed by atoms with E-state index in [1.54, 1.807) is 6.07 Å². The minimum atomic E-state index is -4.56. The number of carbonyl (C=O) groups is 1. The number of benzene rings is 2. The van der Waals surface area contributed by atoms with E-state index in [4.69, 9.17) is 5.11 Å². The van der Waals surface area contributed by atoms with Gasteiger partial charge in [0.05, 0.1) is 36.1 Å². The third-order valence-corrected chi connectivity index (χ3v) is 5.90. The van der Waals surface area contributed by atoms with Crippen molar-refractivity contribution in [2.75, 3.05) is 5.32 Å². The second-order valence-electron chi connectivity index (χ2n) is 8.92. The lowest BCUT2D eigenvalue weighted by molar-refractivity contribution is -0.139. The molecule has 2 heterocycles. The fourth-order valence-electron chi connectivity index (χ4n) is 4.11. The van der Waals surface area contributed by atoms with E-state index in [2.05, 4.69) is 20.4 Å². The topological polar surface area (TPSA) is 133 Å². The van der Waals surface area contributed by atoms with Gasteiger partial charge in [0.1, 0.15) is 0 Å². The van der Waals surface area contributed by atoms with Crippen LogP contribution in [0.15, 0.2) is 73.1 Å². The van der Waals surface area contributed by atoms with Gasteiger partial charge >= 0.3 is 12.1 Å². The van der Waals surface area contributed by atoms with Crippen molar-refractivity contribution in [3.05, 3.63) is 84.2 Å². The average Bonchev–Trinajstić information content (AvgIpc) is 3.31. The van der Waals surface area contributed by atoms with Crippen molar-refractivity contribution in [1.82, 2.24) is 19.7 Å². The van der Waals surface area contributed by atoms with Crippen LogP contribution in [0.2, 0.25) is 0 Å². The molecule has 0 saturated heterocycles. The van der Waals surface area contributed by atoms with Gasteiger partial charge in [-0.2, -0.15) is 23.3 Å². The Balaban J connectivity index is 1.67. The van der Waals surface area contributed by atoms with E-state index in [1.165, 1.54) is 29.2 Å². The maximum Gasteiger partial charge on any atom is 0.416 e. The van der Waals surface area contributed by atoms with Crippen LogP contribution in [-0.4, -0.2) is 53.2 Å². The lowest BCUT2D eigenvalue weighted by Gasteiger charge is -2.15. The molecule has 0 aliphatic carbocycles. The second-order valence-corrected chi connectivity index (χ2v) is 8.92. The maximum absolute atomic E-state index is 13.5. The average molecular weight is 542 g/mol. The fourth-order valence-corrected chi connectivity index (χ4v) is 4.11. The van der Waals surface area contributed by atoms with Crippen molar-refractivity contribution in [3.8, 4) is 17.1 Å². The molecule has 0 unspecified atom stereocenters. The Bertz CT molecular complexity index is 1410. The van der Waals surface area contributed by atoms with Crippen molar-refractivity contribution in [2.24, 2.45) is 0 Å². The Morgan fingerprint density at radius 2 is 1.79 bits per heavy atom. The van der Waals surface area contributed by atoms with Gasteiger partial charge in [-0.1, -0.05) is 30.3 Å². The Morgan fingerprint density at radius 1 is 1.03 bits per heavy atom. The van der Waals surface area contributed by atoms with Crippen LogP contribution in [0.1, 0.15) is 30.4 Å². The van der Waals surface area contributed by atoms with Crippen LogP contribution in [0.3, 0.4) is 0 Å². The summed E-state index contributed by atoms with van der Waals surface area (Å²) in [5, 5.41) is 36.4. The van der Waals surface area contributed by atoms with Gasteiger partial charge < -0.3 is 20.6 Å². The standard InChI is InChI=1S/C27H26F3N5O4/c28-27(29,30)19-6-4-5-17(13-19)25-18(9-10-21(36)14-22(37)15-24(38)39)16-32-35(25)23-11-12-31-26(34-23)33-20-7-2-1-3-8-20/h1-8,11-13,16,21-22,36-37H,9-10,14-15H2,(H,38,39)(H,31,33,34)/t21-,22-/m1/s1. The molecule has 0 bridgehead atoms. The zero-order valence-corrected chi connectivity index (χ0v) is 20.6. The highest BCUT2D eigenvalue weighted by Crippen LogP contribution is 2.34. The number of nitrogens with zero attached hydrogens (tertiary/aromatic N) is 4. The molecule has 204 valence electrons. The molecule has 2 aromatic carbocycles. The van der Waals surface area contributed by atoms with Crippen molar-refractivity contribution in [3.63, 3.8) is 0 Å². The van der Waals surface area contributed by atoms with E-state index in [-0.39, 0.29) is 30.8 Å². The molecule has 0 saturated carbocycles. The Hall–Kier alpha value is -4.29. The number of rotatable bonds is 11. The van der Waals surface area contributed by atoms with E-state index in [0.717, 1.165) is 17.8 Å². The fraction of sp³-hybridized carbons (Fsp3) is 0.259. The number of anilines is 2. The first-order valence-electron chi connectivity index (χ1n) is 12.1. The predicted molar refractivity (Wildman–Crippen MR) is 137 cm³/mol. The molecule has 0 aliphatic heterocycles. The molecule has 0 amide bonds. The lowest BCUT2D eigenvalue weighted by Crippen LogP contribution is -2.21. The van der Waals surface area contributed by atoms with E-state index >= 15 is 0 Å². The molecule has 2 aromatic heterocycles. The first kappa shape index (κ1) is 27.7. The van der Waals surface area contributed by atoms with Crippen LogP contribution in [0.25, 0.3) is 17.1 Å². The normalized spacial score (nSPS) is 13.2. The second kappa shape index (κ2) is 12.0. The highest BCUT2D eigenvalue weighted by molar-refractivity contribution is 5.67. The number of halogens is 3. The predicted octanol–water partition coefficient (Wildman–Crippen LogP) is 4.61. The van der Waals surface area contributed by atoms with Gasteiger partial charge in [-0.05, 0) is 49.1 Å². The molecule has 0 aliphatic rings. The minimum Gasteiger partial charge on any atom is -0.481 e. The van der Waals surface area contributed by atoms with Crippen LogP contribution in [0, 0.1) is 0 Å². The van der Waals surface area contributed by atoms with Crippen molar-refractivity contribution in [1.29, 1.82) is 0 Å². The number of nitrogens with one attached hydrogen (secondary N) is 1. The number of hydrogen-bond acceptors (Lipinski definition) is 7. The smallest absolute Gasteiger partial charge is 0.416 e. The summed E-state index contributed by atoms with van der Waals surface area (Å²) in [7, 11) is 0. The summed E-state index contributed by atoms with van der Waals surface area (Å²) >= 11 is 0. The quantitative estimate of drug-likeness (QED) is 0.216. The van der Waals surface area contributed by atoms with Crippen LogP contribution in [-0.2, 0) is 17.4 Å². The third kappa shape index (κ3) is 7.39. The SMILES string of the molecule is O=C(O)C[C@H](O)C[C@H](O)CCc1cnn(-c2ccnc(Nc3ccccc3)n2)c1-c1cccc(C(F)(F)F)c1. The summed E-state index contributed by atoms with van der Waals surface area (Å²) in [6.07, 6.45) is -4.15. The number of para-hydroxylation sites is 1. The van der Waals surface area contributed by atoms with Crippen LogP contribution in [0.5, 0.6) is 0 Å². The summed E-state index contributed by atoms with van der Waals surface area (Å²) in [4.78, 5) is 19.5. The van der Waals surface area contributed by atoms with Crippen LogP contribution in [0.4, 0.5) is 24.8 Å². The van der Waals surface area contributed by atoms with Crippen LogP contribution < -0.4 is 5.32 Å². The molecular formula is C27H26F3N5O4. The number of carboxylic acid groups (broad SMARTS) is 1. The Kier molecular flexibility index (Phi) is 8.57. The molecule has 0 radical (unpaired) electrons. The first-order chi connectivity index (χ1) is 18.6. The van der Waals surface area contributed by atoms with Gasteiger partial charge in [0.2, 0.25) is 5.95 Å². The number of aliphatic hydroxyl groups excluding tert-OH is 2. The number of aliphatic carboxylic acids is 1. The molecule has 9 nitrogen and oxygen atoms in total. The Labute approximate surface area is 221 Å². The number of aryl methyl sites for hydroxylation is 1. The van der Waals surface area contributed by atoms with Gasteiger partial charge in [-0.15, -0.1) is 0 Å². The molecule has 4 N–H and O–H groups in total. The third-order valence-electron chi connectivity index (χ3n) is 5.90. The summed E-state index contributed by atoms with van der Waals surface area (Å²) in [5.74, 6) is -0.623. The van der Waals surface area contributed by atoms with Crippen molar-refractivity contribution in [2.45, 2.75) is 44.1 Å². The zero-order chi connectivity index (χ0) is 28.0. The molecule has 39 heavy (non-hydrogen) atoms. The molecule has 0 fully saturated rings. The zero-order valence-electron chi connectivity index (χ0n) is 20.6. The van der Waals surface area contributed by atoms with Crippen LogP contribution >= 0.6 is 0 Å². The van der Waals surface area contributed by atoms with Crippen molar-refractivity contribution >= 4 is 17.6 Å².